The molecule has 0 saturated heterocycles. The van der Waals surface area contributed by atoms with Crippen molar-refractivity contribution in [2.75, 3.05) is 0 Å². The van der Waals surface area contributed by atoms with Gasteiger partial charge in [0.15, 0.2) is 0 Å². The van der Waals surface area contributed by atoms with Gasteiger partial charge in [0.05, 0.1) is 6.61 Å². The Morgan fingerprint density at radius 2 is 2.17 bits per heavy atom. The fourth-order valence-corrected chi connectivity index (χ4v) is 1.24. The molecule has 12 heavy (non-hydrogen) atoms. The molecule has 0 saturated carbocycles. The van der Waals surface area contributed by atoms with E-state index in [1.165, 1.54) is 0 Å². The van der Waals surface area contributed by atoms with Crippen molar-refractivity contribution >= 4 is 0 Å². The highest BCUT2D eigenvalue weighted by atomic mass is 16.3. The van der Waals surface area contributed by atoms with Crippen LogP contribution in [0, 0.1) is 6.92 Å². The van der Waals surface area contributed by atoms with Gasteiger partial charge >= 0.3 is 0 Å². The quantitative estimate of drug-likeness (QED) is 0.741. The Kier molecular flexibility index (Phi) is 3.23. The van der Waals surface area contributed by atoms with Gasteiger partial charge in [-0.15, -0.1) is 0 Å². The fourth-order valence-electron chi connectivity index (χ4n) is 1.24. The van der Waals surface area contributed by atoms with Crippen molar-refractivity contribution in [2.24, 2.45) is 0 Å². The molecule has 0 aliphatic carbocycles. The molecule has 1 aromatic heterocycles. The predicted molar refractivity (Wildman–Crippen MR) is 48.9 cm³/mol. The third-order valence-electron chi connectivity index (χ3n) is 1.86. The second-order valence-corrected chi connectivity index (χ2v) is 2.97. The molecule has 0 spiro atoms. The Morgan fingerprint density at radius 3 is 2.75 bits per heavy atom. The monoisotopic (exact) mass is 165 g/mol. The van der Waals surface area contributed by atoms with Gasteiger partial charge in [0.1, 0.15) is 0 Å². The van der Waals surface area contributed by atoms with Crippen molar-refractivity contribution in [3.05, 3.63) is 29.1 Å². The largest absolute Gasteiger partial charge is 0.392 e. The van der Waals surface area contributed by atoms with Gasteiger partial charge in [-0.2, -0.15) is 0 Å². The molecule has 0 aliphatic heterocycles. The van der Waals surface area contributed by atoms with E-state index in [2.05, 4.69) is 11.9 Å². The molecule has 0 aromatic carbocycles. The van der Waals surface area contributed by atoms with Gasteiger partial charge in [0.25, 0.3) is 0 Å². The lowest BCUT2D eigenvalue weighted by Gasteiger charge is -2.05. The molecule has 0 fully saturated rings. The van der Waals surface area contributed by atoms with Crippen LogP contribution in [-0.4, -0.2) is 10.1 Å². The Bertz CT molecular complexity index is 258. The van der Waals surface area contributed by atoms with Crippen molar-refractivity contribution in [3.63, 3.8) is 0 Å². The normalized spacial score (nSPS) is 10.2. The number of hydrogen-bond donors (Lipinski definition) is 1. The number of aromatic nitrogens is 1. The van der Waals surface area contributed by atoms with Crippen LogP contribution in [0.3, 0.4) is 0 Å². The number of aliphatic hydroxyl groups is 1. The number of pyridine rings is 1. The van der Waals surface area contributed by atoms with Crippen LogP contribution in [0.5, 0.6) is 0 Å². The number of aryl methyl sites for hydroxylation is 2. The molecule has 1 aromatic rings. The summed E-state index contributed by atoms with van der Waals surface area (Å²) >= 11 is 0. The van der Waals surface area contributed by atoms with Gasteiger partial charge in [-0.05, 0) is 25.0 Å². The van der Waals surface area contributed by atoms with Gasteiger partial charge in [0, 0.05) is 11.4 Å². The highest BCUT2D eigenvalue weighted by molar-refractivity contribution is 5.22. The number of rotatable bonds is 3. The van der Waals surface area contributed by atoms with Gasteiger partial charge in [-0.1, -0.05) is 19.4 Å². The molecular weight excluding hydrogens is 150 g/mol. The van der Waals surface area contributed by atoms with Crippen molar-refractivity contribution in [2.45, 2.75) is 33.3 Å². The maximum Gasteiger partial charge on any atom is 0.0699 e. The zero-order chi connectivity index (χ0) is 8.97. The first-order valence-corrected chi connectivity index (χ1v) is 4.34. The molecule has 0 amide bonds. The molecule has 0 aliphatic rings. The van der Waals surface area contributed by atoms with Crippen molar-refractivity contribution in [1.82, 2.24) is 4.98 Å². The molecular formula is C10H15NO. The van der Waals surface area contributed by atoms with Crippen LogP contribution in [0.25, 0.3) is 0 Å². The third-order valence-corrected chi connectivity index (χ3v) is 1.86. The molecule has 0 radical (unpaired) electrons. The molecule has 66 valence electrons. The van der Waals surface area contributed by atoms with Crippen LogP contribution in [0.2, 0.25) is 0 Å². The third kappa shape index (κ3) is 2.05. The SMILES string of the molecule is CCCc1nc(C)ccc1CO. The minimum absolute atomic E-state index is 0.0998. The summed E-state index contributed by atoms with van der Waals surface area (Å²) in [6, 6.07) is 3.89. The van der Waals surface area contributed by atoms with Gasteiger partial charge in [-0.3, -0.25) is 4.98 Å². The van der Waals surface area contributed by atoms with Crippen LogP contribution >= 0.6 is 0 Å². The van der Waals surface area contributed by atoms with Crippen LogP contribution in [0.1, 0.15) is 30.3 Å². The predicted octanol–water partition coefficient (Wildman–Crippen LogP) is 1.83. The van der Waals surface area contributed by atoms with E-state index in [0.717, 1.165) is 29.8 Å². The Labute approximate surface area is 73.3 Å². The van der Waals surface area contributed by atoms with Crippen molar-refractivity contribution in [1.29, 1.82) is 0 Å². The van der Waals surface area contributed by atoms with E-state index in [1.54, 1.807) is 0 Å². The summed E-state index contributed by atoms with van der Waals surface area (Å²) < 4.78 is 0. The van der Waals surface area contributed by atoms with E-state index < -0.39 is 0 Å². The Hall–Kier alpha value is -0.890. The molecule has 2 nitrogen and oxygen atoms in total. The van der Waals surface area contributed by atoms with Crippen LogP contribution in [0.4, 0.5) is 0 Å². The maximum absolute atomic E-state index is 9.00. The standard InChI is InChI=1S/C10H15NO/c1-3-4-10-9(7-12)6-5-8(2)11-10/h5-6,12H,3-4,7H2,1-2H3. The topological polar surface area (TPSA) is 33.1 Å². The minimum atomic E-state index is 0.0998. The smallest absolute Gasteiger partial charge is 0.0699 e. The van der Waals surface area contributed by atoms with Crippen LogP contribution < -0.4 is 0 Å². The summed E-state index contributed by atoms with van der Waals surface area (Å²) in [6.07, 6.45) is 2.03. The van der Waals surface area contributed by atoms with E-state index in [-0.39, 0.29) is 6.61 Å². The second-order valence-electron chi connectivity index (χ2n) is 2.97. The number of hydrogen-bond acceptors (Lipinski definition) is 2. The van der Waals surface area contributed by atoms with E-state index in [9.17, 15) is 0 Å². The van der Waals surface area contributed by atoms with E-state index in [0.29, 0.717) is 0 Å². The van der Waals surface area contributed by atoms with Crippen molar-refractivity contribution < 1.29 is 5.11 Å². The Morgan fingerprint density at radius 1 is 1.42 bits per heavy atom. The summed E-state index contributed by atoms with van der Waals surface area (Å²) in [5.74, 6) is 0. The van der Waals surface area contributed by atoms with E-state index in [4.69, 9.17) is 5.11 Å². The lowest BCUT2D eigenvalue weighted by molar-refractivity contribution is 0.280. The first-order valence-electron chi connectivity index (χ1n) is 4.34. The highest BCUT2D eigenvalue weighted by Crippen LogP contribution is 2.09. The summed E-state index contributed by atoms with van der Waals surface area (Å²) in [5, 5.41) is 9.00. The fraction of sp³-hybridized carbons (Fsp3) is 0.500. The zero-order valence-corrected chi connectivity index (χ0v) is 7.67. The molecule has 1 N–H and O–H groups in total. The van der Waals surface area contributed by atoms with Crippen LogP contribution in [-0.2, 0) is 13.0 Å². The molecule has 0 unspecified atom stereocenters. The molecule has 2 heteroatoms. The molecule has 1 rings (SSSR count). The van der Waals surface area contributed by atoms with E-state index >= 15 is 0 Å². The highest BCUT2D eigenvalue weighted by Gasteiger charge is 2.01. The van der Waals surface area contributed by atoms with Gasteiger partial charge in [0.2, 0.25) is 0 Å². The maximum atomic E-state index is 9.00. The van der Waals surface area contributed by atoms with E-state index in [1.807, 2.05) is 19.1 Å². The summed E-state index contributed by atoms with van der Waals surface area (Å²) in [5.41, 5.74) is 3.03. The molecule has 0 bridgehead atoms. The summed E-state index contributed by atoms with van der Waals surface area (Å²) in [7, 11) is 0. The lowest BCUT2D eigenvalue weighted by atomic mass is 10.1. The summed E-state index contributed by atoms with van der Waals surface area (Å²) in [6.45, 7) is 4.19. The second kappa shape index (κ2) is 4.21. The number of aliphatic hydroxyl groups excluding tert-OH is 1. The minimum Gasteiger partial charge on any atom is -0.392 e. The molecule has 0 atom stereocenters. The average molecular weight is 165 g/mol. The zero-order valence-electron chi connectivity index (χ0n) is 7.67. The molecule has 1 heterocycles. The van der Waals surface area contributed by atoms with Gasteiger partial charge < -0.3 is 5.11 Å². The van der Waals surface area contributed by atoms with Gasteiger partial charge in [-0.25, -0.2) is 0 Å². The van der Waals surface area contributed by atoms with Crippen molar-refractivity contribution in [3.8, 4) is 0 Å². The first kappa shape index (κ1) is 9.20. The number of nitrogens with zero attached hydrogens (tertiary/aromatic N) is 1. The van der Waals surface area contributed by atoms with Crippen LogP contribution in [0.15, 0.2) is 12.1 Å². The Balaban J connectivity index is 2.95. The first-order chi connectivity index (χ1) is 5.77. The lowest BCUT2D eigenvalue weighted by Crippen LogP contribution is -1.98. The average Bonchev–Trinajstić information content (AvgIpc) is 2.05. The summed E-state index contributed by atoms with van der Waals surface area (Å²) in [4.78, 5) is 4.37.